The van der Waals surface area contributed by atoms with Gasteiger partial charge in [0, 0.05) is 5.02 Å². The van der Waals surface area contributed by atoms with Crippen LogP contribution < -0.4 is 9.62 Å². The molecule has 0 aliphatic heterocycles. The number of hydrogen-bond acceptors (Lipinski definition) is 3. The molecule has 1 N–H and O–H groups in total. The molecular weight excluding hydrogens is 432 g/mol. The van der Waals surface area contributed by atoms with Crippen LogP contribution in [0.4, 0.5) is 5.69 Å². The zero-order chi connectivity index (χ0) is 22.4. The summed E-state index contributed by atoms with van der Waals surface area (Å²) in [5.74, 6) is -0.387. The van der Waals surface area contributed by atoms with E-state index in [2.05, 4.69) is 5.32 Å². The summed E-state index contributed by atoms with van der Waals surface area (Å²) in [6, 6.07) is 22.2. The van der Waals surface area contributed by atoms with Gasteiger partial charge in [-0.1, -0.05) is 66.6 Å². The zero-order valence-corrected chi connectivity index (χ0v) is 19.0. The standard InChI is InChI=1S/C24H25ClN2O3S/c1-3-23(19-11-9-18(2)10-12-19)26-24(28)17-27(21-15-13-20(25)14-16-21)31(29,30)22-7-5-4-6-8-22/h4-16,23H,3,17H2,1-2H3,(H,26,28). The molecule has 0 bridgehead atoms. The van der Waals surface area contributed by atoms with Crippen LogP contribution in [0.15, 0.2) is 83.8 Å². The van der Waals surface area contributed by atoms with E-state index in [1.54, 1.807) is 42.5 Å². The van der Waals surface area contributed by atoms with E-state index in [0.29, 0.717) is 17.1 Å². The highest BCUT2D eigenvalue weighted by atomic mass is 35.5. The minimum atomic E-state index is -3.95. The third kappa shape index (κ3) is 5.66. The fourth-order valence-electron chi connectivity index (χ4n) is 3.23. The number of sulfonamides is 1. The Morgan fingerprint density at radius 2 is 1.58 bits per heavy atom. The van der Waals surface area contributed by atoms with Gasteiger partial charge in [0.1, 0.15) is 6.54 Å². The van der Waals surface area contributed by atoms with Crippen LogP contribution in [0.5, 0.6) is 0 Å². The summed E-state index contributed by atoms with van der Waals surface area (Å²) < 4.78 is 27.8. The fraction of sp³-hybridized carbons (Fsp3) is 0.208. The van der Waals surface area contributed by atoms with Crippen molar-refractivity contribution in [3.8, 4) is 0 Å². The van der Waals surface area contributed by atoms with Crippen LogP contribution in [0.2, 0.25) is 5.02 Å². The first-order valence-electron chi connectivity index (χ1n) is 10.0. The molecule has 0 aliphatic rings. The van der Waals surface area contributed by atoms with Crippen LogP contribution in [0.3, 0.4) is 0 Å². The van der Waals surface area contributed by atoms with Gasteiger partial charge in [-0.15, -0.1) is 0 Å². The summed E-state index contributed by atoms with van der Waals surface area (Å²) in [7, 11) is -3.95. The molecule has 1 unspecified atom stereocenters. The molecule has 0 radical (unpaired) electrons. The molecule has 1 atom stereocenters. The van der Waals surface area contributed by atoms with Crippen molar-refractivity contribution in [1.29, 1.82) is 0 Å². The Morgan fingerprint density at radius 3 is 2.16 bits per heavy atom. The molecule has 0 spiro atoms. The normalized spacial score (nSPS) is 12.2. The predicted octanol–water partition coefficient (Wildman–Crippen LogP) is 5.11. The number of amides is 1. The number of carbonyl (C=O) groups is 1. The lowest BCUT2D eigenvalue weighted by atomic mass is 10.0. The maximum atomic E-state index is 13.3. The van der Waals surface area contributed by atoms with Crippen LogP contribution in [0, 0.1) is 6.92 Å². The average Bonchev–Trinajstić information content (AvgIpc) is 2.78. The van der Waals surface area contributed by atoms with E-state index in [1.165, 1.54) is 12.1 Å². The van der Waals surface area contributed by atoms with Crippen LogP contribution in [0.1, 0.15) is 30.5 Å². The van der Waals surface area contributed by atoms with Gasteiger partial charge < -0.3 is 5.32 Å². The van der Waals surface area contributed by atoms with Crippen molar-refractivity contribution in [1.82, 2.24) is 5.32 Å². The number of nitrogens with one attached hydrogen (secondary N) is 1. The molecule has 162 valence electrons. The SMILES string of the molecule is CCC(NC(=O)CN(c1ccc(Cl)cc1)S(=O)(=O)c1ccccc1)c1ccc(C)cc1. The maximum absolute atomic E-state index is 13.3. The molecule has 3 aromatic rings. The third-order valence-corrected chi connectivity index (χ3v) is 7.00. The van der Waals surface area contributed by atoms with E-state index in [4.69, 9.17) is 11.6 Å². The van der Waals surface area contributed by atoms with E-state index in [-0.39, 0.29) is 23.4 Å². The first-order chi connectivity index (χ1) is 14.8. The summed E-state index contributed by atoms with van der Waals surface area (Å²) in [4.78, 5) is 13.1. The first-order valence-corrected chi connectivity index (χ1v) is 11.8. The monoisotopic (exact) mass is 456 g/mol. The topological polar surface area (TPSA) is 66.5 Å². The number of rotatable bonds is 8. The van der Waals surface area contributed by atoms with Crippen LogP contribution >= 0.6 is 11.6 Å². The third-order valence-electron chi connectivity index (χ3n) is 4.96. The molecule has 0 aliphatic carbocycles. The van der Waals surface area contributed by atoms with Gasteiger partial charge in [-0.25, -0.2) is 8.42 Å². The first kappa shape index (κ1) is 22.8. The predicted molar refractivity (Wildman–Crippen MR) is 125 cm³/mol. The molecular formula is C24H25ClN2O3S. The second-order valence-electron chi connectivity index (χ2n) is 7.24. The number of halogens is 1. The van der Waals surface area contributed by atoms with Crippen molar-refractivity contribution in [2.24, 2.45) is 0 Å². The van der Waals surface area contributed by atoms with E-state index in [0.717, 1.165) is 15.4 Å². The van der Waals surface area contributed by atoms with Gasteiger partial charge in [-0.3, -0.25) is 9.10 Å². The van der Waals surface area contributed by atoms with E-state index < -0.39 is 10.0 Å². The quantitative estimate of drug-likeness (QED) is 0.512. The van der Waals surface area contributed by atoms with Crippen LogP contribution in [-0.4, -0.2) is 20.9 Å². The second-order valence-corrected chi connectivity index (χ2v) is 9.54. The molecule has 3 aromatic carbocycles. The number of aryl methyl sites for hydroxylation is 1. The highest BCUT2D eigenvalue weighted by Crippen LogP contribution is 2.25. The Kier molecular flexibility index (Phi) is 7.36. The minimum Gasteiger partial charge on any atom is -0.348 e. The Labute approximate surface area is 188 Å². The summed E-state index contributed by atoms with van der Waals surface area (Å²) in [5, 5.41) is 3.45. The number of carbonyl (C=O) groups excluding carboxylic acids is 1. The highest BCUT2D eigenvalue weighted by Gasteiger charge is 2.27. The van der Waals surface area contributed by atoms with Crippen LogP contribution in [0.25, 0.3) is 0 Å². The summed E-state index contributed by atoms with van der Waals surface area (Å²) in [5.41, 5.74) is 2.48. The van der Waals surface area contributed by atoms with Crippen molar-refractivity contribution < 1.29 is 13.2 Å². The number of anilines is 1. The lowest BCUT2D eigenvalue weighted by Gasteiger charge is -2.26. The zero-order valence-electron chi connectivity index (χ0n) is 17.5. The van der Waals surface area contributed by atoms with Crippen molar-refractivity contribution >= 4 is 33.2 Å². The summed E-state index contributed by atoms with van der Waals surface area (Å²) >= 11 is 5.97. The highest BCUT2D eigenvalue weighted by molar-refractivity contribution is 7.92. The number of nitrogens with zero attached hydrogens (tertiary/aromatic N) is 1. The number of hydrogen-bond donors (Lipinski definition) is 1. The van der Waals surface area contributed by atoms with E-state index >= 15 is 0 Å². The fourth-order valence-corrected chi connectivity index (χ4v) is 4.80. The number of benzene rings is 3. The van der Waals surface area contributed by atoms with Crippen molar-refractivity contribution in [3.63, 3.8) is 0 Å². The van der Waals surface area contributed by atoms with E-state index in [1.807, 2.05) is 38.1 Å². The van der Waals surface area contributed by atoms with Gasteiger partial charge in [0.2, 0.25) is 5.91 Å². The molecule has 0 saturated carbocycles. The molecule has 5 nitrogen and oxygen atoms in total. The van der Waals surface area contributed by atoms with Gasteiger partial charge in [0.25, 0.3) is 10.0 Å². The molecule has 0 saturated heterocycles. The Morgan fingerprint density at radius 1 is 0.968 bits per heavy atom. The second kappa shape index (κ2) is 9.98. The Balaban J connectivity index is 1.88. The van der Waals surface area contributed by atoms with Gasteiger partial charge in [0.05, 0.1) is 16.6 Å². The summed E-state index contributed by atoms with van der Waals surface area (Å²) in [6.45, 7) is 3.63. The molecule has 3 rings (SSSR count). The van der Waals surface area contributed by atoms with Gasteiger partial charge >= 0.3 is 0 Å². The van der Waals surface area contributed by atoms with E-state index in [9.17, 15) is 13.2 Å². The van der Waals surface area contributed by atoms with Gasteiger partial charge in [-0.05, 0) is 55.3 Å². The van der Waals surface area contributed by atoms with Crippen LogP contribution in [-0.2, 0) is 14.8 Å². The lowest BCUT2D eigenvalue weighted by Crippen LogP contribution is -2.42. The molecule has 0 aromatic heterocycles. The maximum Gasteiger partial charge on any atom is 0.264 e. The lowest BCUT2D eigenvalue weighted by molar-refractivity contribution is -0.120. The molecule has 0 heterocycles. The van der Waals surface area contributed by atoms with Crippen molar-refractivity contribution in [2.75, 3.05) is 10.8 Å². The molecule has 31 heavy (non-hydrogen) atoms. The Hall–Kier alpha value is -2.83. The largest absolute Gasteiger partial charge is 0.348 e. The van der Waals surface area contributed by atoms with Crippen molar-refractivity contribution in [2.45, 2.75) is 31.2 Å². The van der Waals surface area contributed by atoms with Crippen molar-refractivity contribution in [3.05, 3.63) is 95.0 Å². The average molecular weight is 457 g/mol. The minimum absolute atomic E-state index is 0.114. The molecule has 0 fully saturated rings. The van der Waals surface area contributed by atoms with Gasteiger partial charge in [0.15, 0.2) is 0 Å². The smallest absolute Gasteiger partial charge is 0.264 e. The molecule has 7 heteroatoms. The Bertz CT molecular complexity index is 1120. The molecule has 1 amide bonds. The summed E-state index contributed by atoms with van der Waals surface area (Å²) in [6.07, 6.45) is 0.682. The van der Waals surface area contributed by atoms with Gasteiger partial charge in [-0.2, -0.15) is 0 Å².